The quantitative estimate of drug-likeness (QED) is 0.439. The number of amides is 2. The van der Waals surface area contributed by atoms with Crippen molar-refractivity contribution in [2.24, 2.45) is 0 Å². The van der Waals surface area contributed by atoms with Gasteiger partial charge < -0.3 is 14.2 Å². The van der Waals surface area contributed by atoms with Crippen molar-refractivity contribution in [1.82, 2.24) is 5.43 Å². The molecule has 3 aromatic rings. The van der Waals surface area contributed by atoms with Gasteiger partial charge in [-0.1, -0.05) is 36.4 Å². The molecule has 0 radical (unpaired) electrons. The fourth-order valence-corrected chi connectivity index (χ4v) is 3.37. The van der Waals surface area contributed by atoms with E-state index in [2.05, 4.69) is 5.43 Å². The smallest absolute Gasteiger partial charge is 0.282 e. The van der Waals surface area contributed by atoms with E-state index in [1.165, 1.54) is 31.4 Å². The number of hydrazine groups is 1. The Hall–Kier alpha value is -4.33. The first kappa shape index (κ1) is 21.9. The Morgan fingerprint density at radius 2 is 1.58 bits per heavy atom. The van der Waals surface area contributed by atoms with E-state index in [-0.39, 0.29) is 23.7 Å². The molecule has 33 heavy (non-hydrogen) atoms. The van der Waals surface area contributed by atoms with Gasteiger partial charge in [0.25, 0.3) is 11.8 Å². The van der Waals surface area contributed by atoms with Gasteiger partial charge in [0.05, 0.1) is 19.9 Å². The zero-order valence-electron chi connectivity index (χ0n) is 18.0. The van der Waals surface area contributed by atoms with Crippen LogP contribution in [-0.4, -0.2) is 26.0 Å². The van der Waals surface area contributed by atoms with Crippen LogP contribution in [0.2, 0.25) is 0 Å². The van der Waals surface area contributed by atoms with Gasteiger partial charge >= 0.3 is 0 Å². The fourth-order valence-electron chi connectivity index (χ4n) is 3.37. The molecule has 0 aliphatic carbocycles. The van der Waals surface area contributed by atoms with Gasteiger partial charge in [0, 0.05) is 5.56 Å². The van der Waals surface area contributed by atoms with Gasteiger partial charge in [0.15, 0.2) is 11.5 Å². The lowest BCUT2D eigenvalue weighted by atomic mass is 10.1. The highest BCUT2D eigenvalue weighted by Gasteiger charge is 2.34. The van der Waals surface area contributed by atoms with Crippen LogP contribution in [0.25, 0.3) is 6.08 Å². The third kappa shape index (κ3) is 4.50. The molecule has 168 valence electrons. The van der Waals surface area contributed by atoms with E-state index in [0.717, 1.165) is 0 Å². The zero-order valence-corrected chi connectivity index (χ0v) is 18.0. The van der Waals surface area contributed by atoms with Gasteiger partial charge in [0.2, 0.25) is 5.75 Å². The van der Waals surface area contributed by atoms with Crippen molar-refractivity contribution >= 4 is 23.6 Å². The van der Waals surface area contributed by atoms with Crippen LogP contribution in [0.15, 0.2) is 72.3 Å². The van der Waals surface area contributed by atoms with Crippen molar-refractivity contribution in [3.8, 4) is 17.2 Å². The summed E-state index contributed by atoms with van der Waals surface area (Å²) in [6, 6.07) is 18.3. The Balaban J connectivity index is 1.63. The molecule has 3 aromatic carbocycles. The van der Waals surface area contributed by atoms with Crippen molar-refractivity contribution < 1.29 is 28.2 Å². The van der Waals surface area contributed by atoms with Crippen LogP contribution in [0.5, 0.6) is 17.2 Å². The van der Waals surface area contributed by atoms with Gasteiger partial charge in [-0.05, 0) is 42.0 Å². The molecule has 8 heteroatoms. The number of halogens is 1. The Labute approximate surface area is 190 Å². The van der Waals surface area contributed by atoms with Crippen molar-refractivity contribution in [3.05, 3.63) is 89.2 Å². The van der Waals surface area contributed by atoms with Crippen LogP contribution in [0, 0.1) is 5.82 Å². The van der Waals surface area contributed by atoms with E-state index in [1.807, 2.05) is 6.07 Å². The molecule has 0 saturated carbocycles. The van der Waals surface area contributed by atoms with Crippen LogP contribution >= 0.6 is 0 Å². The summed E-state index contributed by atoms with van der Waals surface area (Å²) >= 11 is 0. The second-order valence-corrected chi connectivity index (χ2v) is 7.11. The molecular formula is C25H21FN2O5. The van der Waals surface area contributed by atoms with Crippen molar-refractivity contribution in [2.75, 3.05) is 19.2 Å². The molecule has 0 aromatic heterocycles. The number of nitrogens with zero attached hydrogens (tertiary/aromatic N) is 1. The first-order chi connectivity index (χ1) is 16.0. The largest absolute Gasteiger partial charge is 0.493 e. The molecule has 1 fully saturated rings. The summed E-state index contributed by atoms with van der Waals surface area (Å²) in [4.78, 5) is 25.3. The van der Waals surface area contributed by atoms with Crippen molar-refractivity contribution in [1.29, 1.82) is 0 Å². The van der Waals surface area contributed by atoms with Gasteiger partial charge in [-0.25, -0.2) is 9.40 Å². The summed E-state index contributed by atoms with van der Waals surface area (Å²) in [5.41, 5.74) is 3.94. The Morgan fingerprint density at radius 3 is 2.21 bits per heavy atom. The molecule has 0 bridgehead atoms. The highest BCUT2D eigenvalue weighted by Crippen LogP contribution is 2.40. The standard InChI is InChI=1S/C25H21FN2O5/c1-31-21-13-16(12-19-24(29)27-28(25(19)30)18-9-4-3-5-10-18)14-22(32-2)23(21)33-15-17-8-6-7-11-20(17)26/h3-14H,15H2,1-2H3,(H,27,29). The minimum Gasteiger partial charge on any atom is -0.493 e. The third-order valence-corrected chi connectivity index (χ3v) is 5.03. The normalized spacial score (nSPS) is 14.4. The Bertz CT molecular complexity index is 1200. The first-order valence-corrected chi connectivity index (χ1v) is 10.1. The number of nitrogens with one attached hydrogen (secondary N) is 1. The number of methoxy groups -OCH3 is 2. The summed E-state index contributed by atoms with van der Waals surface area (Å²) in [6.45, 7) is -0.0350. The van der Waals surface area contributed by atoms with Crippen LogP contribution in [0.3, 0.4) is 0 Å². The molecule has 7 nitrogen and oxygen atoms in total. The third-order valence-electron chi connectivity index (χ3n) is 5.03. The van der Waals surface area contributed by atoms with E-state index in [1.54, 1.807) is 54.6 Å². The molecule has 1 N–H and O–H groups in total. The van der Waals surface area contributed by atoms with E-state index < -0.39 is 11.8 Å². The van der Waals surface area contributed by atoms with Crippen LogP contribution in [0.1, 0.15) is 11.1 Å². The number of hydrogen-bond donors (Lipinski definition) is 1. The molecule has 0 atom stereocenters. The number of ether oxygens (including phenoxy) is 3. The van der Waals surface area contributed by atoms with E-state index in [4.69, 9.17) is 14.2 Å². The lowest BCUT2D eigenvalue weighted by Gasteiger charge is -2.16. The number of carbonyl (C=O) groups excluding carboxylic acids is 2. The molecule has 4 rings (SSSR count). The Morgan fingerprint density at radius 1 is 0.939 bits per heavy atom. The monoisotopic (exact) mass is 448 g/mol. The average Bonchev–Trinajstić information content (AvgIpc) is 3.12. The molecule has 0 spiro atoms. The minimum atomic E-state index is -0.526. The SMILES string of the molecule is COc1cc(C=C2C(=O)NN(c3ccccc3)C2=O)cc(OC)c1OCc1ccccc1F. The highest BCUT2D eigenvalue weighted by molar-refractivity contribution is 6.31. The summed E-state index contributed by atoms with van der Waals surface area (Å²) < 4.78 is 30.6. The maximum Gasteiger partial charge on any atom is 0.282 e. The summed E-state index contributed by atoms with van der Waals surface area (Å²) in [6.07, 6.45) is 1.45. The van der Waals surface area contributed by atoms with Crippen molar-refractivity contribution in [3.63, 3.8) is 0 Å². The minimum absolute atomic E-state index is 0.0350. The van der Waals surface area contributed by atoms with E-state index in [9.17, 15) is 14.0 Å². The summed E-state index contributed by atoms with van der Waals surface area (Å²) in [5, 5.41) is 1.19. The van der Waals surface area contributed by atoms with Gasteiger partial charge in [-0.15, -0.1) is 0 Å². The molecule has 2 amide bonds. The highest BCUT2D eigenvalue weighted by atomic mass is 19.1. The number of hydrogen-bond acceptors (Lipinski definition) is 5. The summed E-state index contributed by atoms with van der Waals surface area (Å²) in [7, 11) is 2.90. The molecular weight excluding hydrogens is 427 g/mol. The number of rotatable bonds is 7. The van der Waals surface area contributed by atoms with Gasteiger partial charge in [0.1, 0.15) is 18.0 Å². The topological polar surface area (TPSA) is 77.1 Å². The van der Waals surface area contributed by atoms with Gasteiger partial charge in [-0.3, -0.25) is 15.0 Å². The summed E-state index contributed by atoms with van der Waals surface area (Å²) in [5.74, 6) is -0.499. The predicted molar refractivity (Wildman–Crippen MR) is 120 cm³/mol. The zero-order chi connectivity index (χ0) is 23.4. The number of carbonyl (C=O) groups is 2. The van der Waals surface area contributed by atoms with E-state index in [0.29, 0.717) is 28.3 Å². The lowest BCUT2D eigenvalue weighted by Crippen LogP contribution is -2.35. The number of para-hydroxylation sites is 1. The average molecular weight is 448 g/mol. The number of anilines is 1. The number of benzene rings is 3. The second-order valence-electron chi connectivity index (χ2n) is 7.11. The lowest BCUT2D eigenvalue weighted by molar-refractivity contribution is -0.117. The van der Waals surface area contributed by atoms with E-state index >= 15 is 0 Å². The van der Waals surface area contributed by atoms with Crippen LogP contribution in [-0.2, 0) is 16.2 Å². The second kappa shape index (κ2) is 9.44. The molecule has 1 heterocycles. The molecule has 1 aliphatic rings. The van der Waals surface area contributed by atoms with Crippen LogP contribution in [0.4, 0.5) is 10.1 Å². The molecule has 1 saturated heterocycles. The maximum atomic E-state index is 14.0. The molecule has 0 unspecified atom stereocenters. The van der Waals surface area contributed by atoms with Crippen LogP contribution < -0.4 is 24.6 Å². The predicted octanol–water partition coefficient (Wildman–Crippen LogP) is 3.88. The Kier molecular flexibility index (Phi) is 6.26. The maximum absolute atomic E-state index is 14.0. The van der Waals surface area contributed by atoms with Gasteiger partial charge in [-0.2, -0.15) is 0 Å². The fraction of sp³-hybridized carbons (Fsp3) is 0.120. The first-order valence-electron chi connectivity index (χ1n) is 10.1. The van der Waals surface area contributed by atoms with Crippen molar-refractivity contribution in [2.45, 2.75) is 6.61 Å². The molecule has 1 aliphatic heterocycles.